The van der Waals surface area contributed by atoms with Gasteiger partial charge in [-0.1, -0.05) is 35.2 Å². The van der Waals surface area contributed by atoms with E-state index in [1.54, 1.807) is 30.0 Å². The first-order valence-electron chi connectivity index (χ1n) is 5.73. The number of nitrogens with zero attached hydrogens (tertiary/aromatic N) is 4. The smallest absolute Gasteiger partial charge is 0.223 e. The molecule has 0 radical (unpaired) electrons. The normalized spacial score (nSPS) is 12.6. The Balaban J connectivity index is 1.94. The standard InChI is InChI=1S/C10H15N5OS2/c1-4-5-11-9-13-14-10(18-9)17-6(2)8-12-7(3)16-15-8/h6H,4-5H2,1-3H3,(H,11,13). The average Bonchev–Trinajstić information content (AvgIpc) is 2.96. The predicted molar refractivity (Wildman–Crippen MR) is 72.0 cm³/mol. The van der Waals surface area contributed by atoms with Crippen LogP contribution in [0, 0.1) is 6.92 Å². The molecule has 0 aliphatic heterocycles. The second-order valence-corrected chi connectivity index (χ2v) is 6.30. The first kappa shape index (κ1) is 13.3. The molecule has 0 saturated carbocycles. The van der Waals surface area contributed by atoms with Crippen LogP contribution in [0.15, 0.2) is 8.86 Å². The molecular formula is C10H15N5OS2. The molecule has 0 aromatic carbocycles. The largest absolute Gasteiger partial charge is 0.360 e. The summed E-state index contributed by atoms with van der Waals surface area (Å²) in [5.74, 6) is 1.27. The molecule has 2 aromatic heterocycles. The van der Waals surface area contributed by atoms with Crippen LogP contribution in [0.2, 0.25) is 0 Å². The van der Waals surface area contributed by atoms with Crippen LogP contribution in [0.3, 0.4) is 0 Å². The van der Waals surface area contributed by atoms with Gasteiger partial charge >= 0.3 is 0 Å². The zero-order chi connectivity index (χ0) is 13.0. The van der Waals surface area contributed by atoms with Crippen molar-refractivity contribution in [2.24, 2.45) is 0 Å². The molecule has 1 N–H and O–H groups in total. The molecule has 0 aliphatic rings. The summed E-state index contributed by atoms with van der Waals surface area (Å²) < 4.78 is 5.87. The molecule has 0 aliphatic carbocycles. The molecule has 2 heterocycles. The Morgan fingerprint density at radius 2 is 2.28 bits per heavy atom. The second kappa shape index (κ2) is 6.14. The molecule has 1 unspecified atom stereocenters. The number of hydrogen-bond acceptors (Lipinski definition) is 8. The van der Waals surface area contributed by atoms with Crippen molar-refractivity contribution < 1.29 is 4.52 Å². The molecule has 2 rings (SSSR count). The van der Waals surface area contributed by atoms with Gasteiger partial charge in [0.15, 0.2) is 10.2 Å². The Morgan fingerprint density at radius 1 is 1.44 bits per heavy atom. The lowest BCUT2D eigenvalue weighted by atomic mass is 10.4. The summed E-state index contributed by atoms with van der Waals surface area (Å²) in [6, 6.07) is 0. The summed E-state index contributed by atoms with van der Waals surface area (Å²) in [5, 5.41) is 16.3. The van der Waals surface area contributed by atoms with Gasteiger partial charge in [-0.05, 0) is 13.3 Å². The molecule has 0 bridgehead atoms. The number of nitrogens with one attached hydrogen (secondary N) is 1. The maximum Gasteiger partial charge on any atom is 0.223 e. The van der Waals surface area contributed by atoms with Crippen LogP contribution >= 0.6 is 23.1 Å². The van der Waals surface area contributed by atoms with Crippen LogP contribution < -0.4 is 5.32 Å². The Hall–Kier alpha value is -1.15. The van der Waals surface area contributed by atoms with Crippen LogP contribution in [0.1, 0.15) is 37.2 Å². The van der Waals surface area contributed by atoms with E-state index >= 15 is 0 Å². The number of aryl methyl sites for hydroxylation is 1. The van der Waals surface area contributed by atoms with Crippen LogP contribution in [0.4, 0.5) is 5.13 Å². The average molecular weight is 285 g/mol. The van der Waals surface area contributed by atoms with Crippen LogP contribution in [0.25, 0.3) is 0 Å². The lowest BCUT2D eigenvalue weighted by Crippen LogP contribution is -1.98. The van der Waals surface area contributed by atoms with Gasteiger partial charge in [0.25, 0.3) is 0 Å². The Morgan fingerprint density at radius 3 is 2.94 bits per heavy atom. The van der Waals surface area contributed by atoms with Crippen molar-refractivity contribution in [2.75, 3.05) is 11.9 Å². The monoisotopic (exact) mass is 285 g/mol. The number of aromatic nitrogens is 4. The van der Waals surface area contributed by atoms with E-state index in [2.05, 4.69) is 32.6 Å². The van der Waals surface area contributed by atoms with E-state index in [-0.39, 0.29) is 5.25 Å². The van der Waals surface area contributed by atoms with Crippen molar-refractivity contribution in [3.8, 4) is 0 Å². The maximum atomic E-state index is 4.96. The molecule has 0 fully saturated rings. The zero-order valence-corrected chi connectivity index (χ0v) is 12.1. The zero-order valence-electron chi connectivity index (χ0n) is 10.5. The Bertz CT molecular complexity index is 498. The number of thioether (sulfide) groups is 1. The predicted octanol–water partition coefficient (Wildman–Crippen LogP) is 2.90. The molecule has 0 saturated heterocycles. The molecular weight excluding hydrogens is 270 g/mol. The highest BCUT2D eigenvalue weighted by Crippen LogP contribution is 2.36. The van der Waals surface area contributed by atoms with E-state index in [4.69, 9.17) is 4.52 Å². The van der Waals surface area contributed by atoms with Crippen LogP contribution in [-0.4, -0.2) is 26.9 Å². The molecule has 6 nitrogen and oxygen atoms in total. The highest BCUT2D eigenvalue weighted by Gasteiger charge is 2.16. The van der Waals surface area contributed by atoms with Gasteiger partial charge in [-0.3, -0.25) is 0 Å². The first-order chi connectivity index (χ1) is 8.69. The van der Waals surface area contributed by atoms with Gasteiger partial charge in [-0.25, -0.2) is 0 Å². The summed E-state index contributed by atoms with van der Waals surface area (Å²) in [7, 11) is 0. The van der Waals surface area contributed by atoms with Gasteiger partial charge in [0.05, 0.1) is 5.25 Å². The maximum absolute atomic E-state index is 4.96. The lowest BCUT2D eigenvalue weighted by molar-refractivity contribution is 0.387. The third kappa shape index (κ3) is 3.42. The van der Waals surface area contributed by atoms with Gasteiger partial charge in [-0.2, -0.15) is 4.98 Å². The topological polar surface area (TPSA) is 76.7 Å². The minimum atomic E-state index is 0.106. The highest BCUT2D eigenvalue weighted by molar-refractivity contribution is 8.01. The van der Waals surface area contributed by atoms with Gasteiger partial charge in [0.1, 0.15) is 0 Å². The van der Waals surface area contributed by atoms with E-state index in [9.17, 15) is 0 Å². The quantitative estimate of drug-likeness (QED) is 0.818. The number of anilines is 1. The summed E-state index contributed by atoms with van der Waals surface area (Å²) in [6.07, 6.45) is 1.07. The van der Waals surface area contributed by atoms with Crippen molar-refractivity contribution in [2.45, 2.75) is 36.8 Å². The SMILES string of the molecule is CCCNc1nnc(SC(C)c2noc(C)n2)s1. The van der Waals surface area contributed by atoms with Crippen LogP contribution in [0.5, 0.6) is 0 Å². The van der Waals surface area contributed by atoms with Crippen molar-refractivity contribution in [3.63, 3.8) is 0 Å². The summed E-state index contributed by atoms with van der Waals surface area (Å²) in [4.78, 5) is 4.21. The fourth-order valence-corrected chi connectivity index (χ4v) is 3.20. The molecule has 0 amide bonds. The lowest BCUT2D eigenvalue weighted by Gasteiger charge is -2.01. The second-order valence-electron chi connectivity index (χ2n) is 3.73. The van der Waals surface area contributed by atoms with Crippen molar-refractivity contribution >= 4 is 28.2 Å². The van der Waals surface area contributed by atoms with Crippen LogP contribution in [-0.2, 0) is 0 Å². The fraction of sp³-hybridized carbons (Fsp3) is 0.600. The molecule has 18 heavy (non-hydrogen) atoms. The third-order valence-corrected chi connectivity index (χ3v) is 4.18. The number of hydrogen-bond donors (Lipinski definition) is 1. The van der Waals surface area contributed by atoms with E-state index in [1.165, 1.54) is 0 Å². The van der Waals surface area contributed by atoms with Gasteiger partial charge in [-0.15, -0.1) is 10.2 Å². The summed E-state index contributed by atoms with van der Waals surface area (Å²) in [5.41, 5.74) is 0. The van der Waals surface area contributed by atoms with Gasteiger partial charge < -0.3 is 9.84 Å². The Kier molecular flexibility index (Phi) is 4.54. The van der Waals surface area contributed by atoms with E-state index in [1.807, 2.05) is 6.92 Å². The van der Waals surface area contributed by atoms with Gasteiger partial charge in [0, 0.05) is 13.5 Å². The molecule has 8 heteroatoms. The van der Waals surface area contributed by atoms with E-state index in [0.717, 1.165) is 22.4 Å². The summed E-state index contributed by atoms with van der Waals surface area (Å²) >= 11 is 3.13. The van der Waals surface area contributed by atoms with Crippen molar-refractivity contribution in [3.05, 3.63) is 11.7 Å². The molecule has 1 atom stereocenters. The van der Waals surface area contributed by atoms with Crippen molar-refractivity contribution in [1.82, 2.24) is 20.3 Å². The Labute approximate surface area is 114 Å². The fourth-order valence-electron chi connectivity index (χ4n) is 1.24. The summed E-state index contributed by atoms with van der Waals surface area (Å²) in [6.45, 7) is 6.84. The highest BCUT2D eigenvalue weighted by atomic mass is 32.2. The minimum absolute atomic E-state index is 0.106. The third-order valence-electron chi connectivity index (χ3n) is 2.12. The minimum Gasteiger partial charge on any atom is -0.360 e. The first-order valence-corrected chi connectivity index (χ1v) is 7.43. The number of rotatable bonds is 6. The molecule has 2 aromatic rings. The van der Waals surface area contributed by atoms with Crippen molar-refractivity contribution in [1.29, 1.82) is 0 Å². The molecule has 98 valence electrons. The van der Waals surface area contributed by atoms with E-state index in [0.29, 0.717) is 11.7 Å². The van der Waals surface area contributed by atoms with E-state index < -0.39 is 0 Å². The molecule has 0 spiro atoms. The van der Waals surface area contributed by atoms with Gasteiger partial charge in [0.2, 0.25) is 11.0 Å².